The molecule has 1 aromatic rings. The number of hydrogen-bond donors (Lipinski definition) is 1. The summed E-state index contributed by atoms with van der Waals surface area (Å²) >= 11 is 6.00. The fourth-order valence-corrected chi connectivity index (χ4v) is 2.82. The van der Waals surface area contributed by atoms with E-state index >= 15 is 0 Å². The van der Waals surface area contributed by atoms with Crippen LogP contribution in [0.4, 0.5) is 0 Å². The van der Waals surface area contributed by atoms with E-state index in [-0.39, 0.29) is 18.9 Å². The smallest absolute Gasteiger partial charge is 0.224 e. The third-order valence-corrected chi connectivity index (χ3v) is 3.70. The molecular formula is C14H14ClNO. The van der Waals surface area contributed by atoms with Crippen molar-refractivity contribution >= 4 is 23.1 Å². The highest BCUT2D eigenvalue weighted by molar-refractivity contribution is 6.30. The van der Waals surface area contributed by atoms with Gasteiger partial charge in [0.25, 0.3) is 0 Å². The molecule has 0 aromatic heterocycles. The van der Waals surface area contributed by atoms with Crippen molar-refractivity contribution in [2.24, 2.45) is 11.7 Å². The lowest BCUT2D eigenvalue weighted by Gasteiger charge is -2.22. The van der Waals surface area contributed by atoms with E-state index in [4.69, 9.17) is 21.4 Å². The van der Waals surface area contributed by atoms with Crippen LogP contribution in [0.2, 0.25) is 5.02 Å². The molecule has 1 unspecified atom stereocenters. The Labute approximate surface area is 110 Å². The maximum Gasteiger partial charge on any atom is 0.224 e. The molecule has 17 heavy (non-hydrogen) atoms. The summed E-state index contributed by atoms with van der Waals surface area (Å²) in [5.41, 5.74) is 8.70. The highest BCUT2D eigenvalue weighted by Gasteiger charge is 2.32. The van der Waals surface area contributed by atoms with Crippen LogP contribution in [0, 0.1) is 5.92 Å². The van der Waals surface area contributed by atoms with E-state index in [2.05, 4.69) is 0 Å². The van der Waals surface area contributed by atoms with Gasteiger partial charge in [0.2, 0.25) is 5.91 Å². The van der Waals surface area contributed by atoms with E-state index in [1.807, 2.05) is 6.07 Å². The second-order valence-electron chi connectivity index (χ2n) is 4.47. The monoisotopic (exact) mass is 250 g/mol. The third-order valence-electron chi connectivity index (χ3n) is 3.48. The van der Waals surface area contributed by atoms with Crippen molar-refractivity contribution in [1.29, 1.82) is 0 Å². The lowest BCUT2D eigenvalue weighted by Crippen LogP contribution is -2.27. The van der Waals surface area contributed by atoms with Crippen LogP contribution in [-0.2, 0) is 11.2 Å². The largest absolute Gasteiger partial charge is 0.369 e. The molecule has 0 saturated heterocycles. The van der Waals surface area contributed by atoms with Gasteiger partial charge in [0.05, 0.1) is 7.29 Å². The van der Waals surface area contributed by atoms with Crippen molar-refractivity contribution in [2.75, 3.05) is 0 Å². The molecule has 0 bridgehead atoms. The van der Waals surface area contributed by atoms with Crippen molar-refractivity contribution in [3.63, 3.8) is 0 Å². The minimum Gasteiger partial charge on any atom is -0.369 e. The van der Waals surface area contributed by atoms with Crippen LogP contribution in [0.5, 0.6) is 0 Å². The summed E-state index contributed by atoms with van der Waals surface area (Å²) < 4.78 is 24.1. The van der Waals surface area contributed by atoms with Crippen molar-refractivity contribution < 1.29 is 8.91 Å². The first kappa shape index (κ1) is 7.93. The molecule has 2 aliphatic carbocycles. The first-order chi connectivity index (χ1) is 9.30. The Bertz CT molecular complexity index is 654. The molecule has 3 heteroatoms. The zero-order valence-corrected chi connectivity index (χ0v) is 9.97. The second kappa shape index (κ2) is 3.88. The molecule has 0 aliphatic heterocycles. The number of amides is 1. The average Bonchev–Trinajstić information content (AvgIpc) is 2.70. The molecule has 3 rings (SSSR count). The zero-order chi connectivity index (χ0) is 14.7. The molecule has 1 amide bonds. The van der Waals surface area contributed by atoms with Crippen LogP contribution in [0.15, 0.2) is 23.7 Å². The standard InChI is InChI=1S/C14H14ClNO/c15-9-5-4-8-6-13-10(12(8)7-9)2-1-3-11(13)14(16)17/h4-5,7,11H,1-3,6H2,(H2,16,17)/i1D2,7D. The van der Waals surface area contributed by atoms with Crippen LogP contribution in [0.1, 0.15) is 34.5 Å². The molecular weight excluding hydrogens is 234 g/mol. The number of hydrogen-bond acceptors (Lipinski definition) is 1. The van der Waals surface area contributed by atoms with Crippen LogP contribution in [0.3, 0.4) is 0 Å². The lowest BCUT2D eigenvalue weighted by molar-refractivity contribution is -0.121. The molecule has 0 fully saturated rings. The van der Waals surface area contributed by atoms with E-state index < -0.39 is 18.2 Å². The molecule has 88 valence electrons. The van der Waals surface area contributed by atoms with E-state index in [0.717, 1.165) is 16.7 Å². The Morgan fingerprint density at radius 3 is 3.18 bits per heavy atom. The maximum atomic E-state index is 11.6. The molecule has 0 saturated carbocycles. The third kappa shape index (κ3) is 1.67. The molecule has 2 N–H and O–H groups in total. The average molecular weight is 251 g/mol. The number of fused-ring (bicyclic) bond motifs is 2. The van der Waals surface area contributed by atoms with Gasteiger partial charge in [-0.15, -0.1) is 0 Å². The molecule has 2 nitrogen and oxygen atoms in total. The summed E-state index contributed by atoms with van der Waals surface area (Å²) in [6, 6.07) is 3.74. The normalized spacial score (nSPS) is 27.8. The number of primary amides is 1. The summed E-state index contributed by atoms with van der Waals surface area (Å²) in [6.45, 7) is 0. The van der Waals surface area contributed by atoms with Crippen molar-refractivity contribution in [2.45, 2.75) is 25.6 Å². The summed E-state index contributed by atoms with van der Waals surface area (Å²) in [4.78, 5) is 11.6. The Kier molecular flexibility index (Phi) is 1.81. The first-order valence-corrected chi connectivity index (χ1v) is 5.97. The van der Waals surface area contributed by atoms with Crippen molar-refractivity contribution in [3.8, 4) is 0 Å². The van der Waals surface area contributed by atoms with Crippen LogP contribution < -0.4 is 5.73 Å². The van der Waals surface area contributed by atoms with Crippen LogP contribution in [0.25, 0.3) is 5.57 Å². The van der Waals surface area contributed by atoms with Gasteiger partial charge in [0, 0.05) is 7.76 Å². The maximum absolute atomic E-state index is 11.6. The summed E-state index contributed by atoms with van der Waals surface area (Å²) in [5.74, 6) is -1.08. The van der Waals surface area contributed by atoms with Gasteiger partial charge in [-0.2, -0.15) is 0 Å². The van der Waals surface area contributed by atoms with Crippen molar-refractivity contribution in [3.05, 3.63) is 39.9 Å². The van der Waals surface area contributed by atoms with Crippen LogP contribution in [-0.4, -0.2) is 5.91 Å². The molecule has 2 aliphatic rings. The number of rotatable bonds is 1. The summed E-state index contributed by atoms with van der Waals surface area (Å²) in [7, 11) is 0. The van der Waals surface area contributed by atoms with Gasteiger partial charge in [0.1, 0.15) is 0 Å². The highest BCUT2D eigenvalue weighted by Crippen LogP contribution is 2.44. The van der Waals surface area contributed by atoms with E-state index in [1.165, 1.54) is 0 Å². The highest BCUT2D eigenvalue weighted by atomic mass is 35.5. The van der Waals surface area contributed by atoms with Gasteiger partial charge in [-0.05, 0) is 60.0 Å². The van der Waals surface area contributed by atoms with Gasteiger partial charge in [-0.25, -0.2) is 0 Å². The fourth-order valence-electron chi connectivity index (χ4n) is 2.66. The van der Waals surface area contributed by atoms with Gasteiger partial charge in [-0.1, -0.05) is 17.7 Å². The Morgan fingerprint density at radius 1 is 1.59 bits per heavy atom. The minimum absolute atomic E-state index is 0.121. The zero-order valence-electron chi connectivity index (χ0n) is 12.2. The molecule has 0 heterocycles. The van der Waals surface area contributed by atoms with Crippen molar-refractivity contribution in [1.82, 2.24) is 0 Å². The van der Waals surface area contributed by atoms with E-state index in [1.54, 1.807) is 6.07 Å². The number of benzene rings is 1. The second-order valence-corrected chi connectivity index (χ2v) is 4.88. The van der Waals surface area contributed by atoms with Gasteiger partial charge in [-0.3, -0.25) is 4.79 Å². The van der Waals surface area contributed by atoms with E-state index in [0.29, 0.717) is 17.0 Å². The van der Waals surface area contributed by atoms with Crippen LogP contribution >= 0.6 is 11.6 Å². The van der Waals surface area contributed by atoms with Gasteiger partial charge in [0.15, 0.2) is 0 Å². The summed E-state index contributed by atoms with van der Waals surface area (Å²) in [5, 5.41) is 0.347. The summed E-state index contributed by atoms with van der Waals surface area (Å²) in [6.07, 6.45) is -0.576. The molecule has 1 aromatic carbocycles. The lowest BCUT2D eigenvalue weighted by atomic mass is 9.82. The SMILES string of the molecule is [2H]c1c(Cl)ccc2c1C1=C(C2)C(C(N)=O)CC([2H])([2H])C1. The predicted octanol–water partition coefficient (Wildman–Crippen LogP) is 2.94. The fraction of sp³-hybridized carbons (Fsp3) is 0.357. The minimum atomic E-state index is -1.48. The number of halogens is 1. The number of carbonyl (C=O) groups is 1. The molecule has 0 spiro atoms. The topological polar surface area (TPSA) is 43.1 Å². The Hall–Kier alpha value is -1.28. The van der Waals surface area contributed by atoms with Gasteiger partial charge >= 0.3 is 0 Å². The molecule has 1 atom stereocenters. The van der Waals surface area contributed by atoms with E-state index in [9.17, 15) is 4.79 Å². The quantitative estimate of drug-likeness (QED) is 0.818. The number of allylic oxidation sites excluding steroid dienone is 1. The Balaban J connectivity index is 2.19. The Morgan fingerprint density at radius 2 is 2.41 bits per heavy atom. The predicted molar refractivity (Wildman–Crippen MR) is 68.6 cm³/mol. The van der Waals surface area contributed by atoms with Gasteiger partial charge < -0.3 is 5.73 Å². The number of carbonyl (C=O) groups excluding carboxylic acids is 1. The first-order valence-electron chi connectivity index (χ1n) is 7.10. The number of nitrogens with two attached hydrogens (primary N) is 1. The molecule has 0 radical (unpaired) electrons.